The first-order valence-electron chi connectivity index (χ1n) is 12.4. The van der Waals surface area contributed by atoms with Crippen molar-refractivity contribution in [3.63, 3.8) is 0 Å². The number of carbonyl (C=O) groups is 1. The van der Waals surface area contributed by atoms with Gasteiger partial charge in [-0.2, -0.15) is 13.2 Å². The van der Waals surface area contributed by atoms with Gasteiger partial charge in [-0.25, -0.2) is 9.97 Å². The zero-order valence-corrected chi connectivity index (χ0v) is 20.7. The molecule has 0 bridgehead atoms. The summed E-state index contributed by atoms with van der Waals surface area (Å²) in [6.45, 7) is 4.22. The van der Waals surface area contributed by atoms with E-state index in [1.165, 1.54) is 30.6 Å². The number of thioether (sulfide) groups is 1. The monoisotopic (exact) mass is 504 g/mol. The summed E-state index contributed by atoms with van der Waals surface area (Å²) in [5, 5.41) is 7.17. The number of hydrogen-bond acceptors (Lipinski definition) is 6. The number of anilines is 2. The molecule has 35 heavy (non-hydrogen) atoms. The molecule has 0 radical (unpaired) electrons. The Morgan fingerprint density at radius 3 is 2.63 bits per heavy atom. The number of Topliss-reactive ketones (excluding diaryl/α,β-unsaturated/α-hetero) is 1. The number of alkyl halides is 3. The van der Waals surface area contributed by atoms with Crippen LogP contribution in [0.25, 0.3) is 0 Å². The minimum atomic E-state index is -4.60. The van der Waals surface area contributed by atoms with Gasteiger partial charge in [0.15, 0.2) is 0 Å². The van der Waals surface area contributed by atoms with Crippen LogP contribution in [0.2, 0.25) is 0 Å². The molecule has 1 atom stereocenters. The van der Waals surface area contributed by atoms with Gasteiger partial charge in [-0.15, -0.1) is 11.8 Å². The summed E-state index contributed by atoms with van der Waals surface area (Å²) >= 11 is 1.91. The smallest absolute Gasteiger partial charge is 0.324 e. The first-order valence-corrected chi connectivity index (χ1v) is 13.3. The molecule has 188 valence electrons. The van der Waals surface area contributed by atoms with Gasteiger partial charge in [0.05, 0.1) is 17.2 Å². The molecule has 1 aliphatic heterocycles. The van der Waals surface area contributed by atoms with Crippen LogP contribution in [-0.2, 0) is 11.0 Å². The SMILES string of the molecule is Cc1cc(SC2CC3(CCNCC3)C2)ccc1Nc1ncc(C(F)(F)F)c(C2CCCCC2=O)n1. The van der Waals surface area contributed by atoms with E-state index in [0.717, 1.165) is 43.4 Å². The van der Waals surface area contributed by atoms with Gasteiger partial charge < -0.3 is 10.6 Å². The number of halogens is 3. The highest BCUT2D eigenvalue weighted by molar-refractivity contribution is 8.00. The second-order valence-electron chi connectivity index (χ2n) is 10.3. The van der Waals surface area contributed by atoms with Crippen molar-refractivity contribution >= 4 is 29.2 Å². The molecule has 3 fully saturated rings. The predicted octanol–water partition coefficient (Wildman–Crippen LogP) is 6.40. The molecule has 1 aromatic heterocycles. The quantitative estimate of drug-likeness (QED) is 0.491. The van der Waals surface area contributed by atoms with Gasteiger partial charge in [-0.1, -0.05) is 6.42 Å². The minimum absolute atomic E-state index is 0.0849. The third-order valence-corrected chi connectivity index (χ3v) is 8.93. The third kappa shape index (κ3) is 5.35. The van der Waals surface area contributed by atoms with Crippen LogP contribution >= 0.6 is 11.8 Å². The van der Waals surface area contributed by atoms with Crippen LogP contribution in [0.3, 0.4) is 0 Å². The van der Waals surface area contributed by atoms with Crippen LogP contribution < -0.4 is 10.6 Å². The lowest BCUT2D eigenvalue weighted by Gasteiger charge is -2.50. The lowest BCUT2D eigenvalue weighted by atomic mass is 9.63. The number of aryl methyl sites for hydroxylation is 1. The molecule has 1 spiro atoms. The van der Waals surface area contributed by atoms with E-state index in [1.807, 2.05) is 30.8 Å². The average molecular weight is 505 g/mol. The Labute approximate surface area is 208 Å². The molecule has 1 saturated heterocycles. The molecule has 9 heteroatoms. The molecule has 1 unspecified atom stereocenters. The van der Waals surface area contributed by atoms with Gasteiger partial charge >= 0.3 is 6.18 Å². The number of aromatic nitrogens is 2. The average Bonchev–Trinajstić information content (AvgIpc) is 2.80. The van der Waals surface area contributed by atoms with E-state index in [9.17, 15) is 18.0 Å². The standard InChI is InChI=1S/C26H31F3N4OS/c1-16-12-17(35-18-13-25(14-18)8-10-30-11-9-25)6-7-21(16)32-24-31-15-20(26(27,28)29)23(33-24)19-4-2-3-5-22(19)34/h6-7,12,15,18-19,30H,2-5,8-11,13-14H2,1H3,(H,31,32,33). The first-order chi connectivity index (χ1) is 16.7. The highest BCUT2D eigenvalue weighted by Crippen LogP contribution is 2.54. The fourth-order valence-electron chi connectivity index (χ4n) is 5.73. The van der Waals surface area contributed by atoms with E-state index in [-0.39, 0.29) is 17.4 Å². The van der Waals surface area contributed by atoms with Gasteiger partial charge in [0.2, 0.25) is 5.95 Å². The summed E-state index contributed by atoms with van der Waals surface area (Å²) in [5.74, 6) is -0.914. The summed E-state index contributed by atoms with van der Waals surface area (Å²) in [6.07, 6.45) is 3.40. The summed E-state index contributed by atoms with van der Waals surface area (Å²) < 4.78 is 40.9. The number of nitrogens with one attached hydrogen (secondary N) is 2. The van der Waals surface area contributed by atoms with Crippen molar-refractivity contribution in [1.82, 2.24) is 15.3 Å². The van der Waals surface area contributed by atoms with Crippen LogP contribution in [0.5, 0.6) is 0 Å². The number of benzene rings is 1. The van der Waals surface area contributed by atoms with Crippen LogP contribution in [0.1, 0.15) is 74.1 Å². The van der Waals surface area contributed by atoms with E-state index in [0.29, 0.717) is 23.5 Å². The first kappa shape index (κ1) is 24.6. The number of hydrogen-bond donors (Lipinski definition) is 2. The van der Waals surface area contributed by atoms with Crippen LogP contribution in [0, 0.1) is 12.3 Å². The number of carbonyl (C=O) groups excluding carboxylic acids is 1. The Bertz CT molecular complexity index is 1090. The zero-order valence-electron chi connectivity index (χ0n) is 19.9. The molecular formula is C26H31F3N4OS. The number of rotatable bonds is 5. The maximum atomic E-state index is 13.6. The molecule has 5 rings (SSSR count). The highest BCUT2D eigenvalue weighted by atomic mass is 32.2. The Hall–Kier alpha value is -2.13. The summed E-state index contributed by atoms with van der Waals surface area (Å²) in [7, 11) is 0. The van der Waals surface area contributed by atoms with Gasteiger partial charge in [0.25, 0.3) is 0 Å². The fourth-order valence-corrected chi connectivity index (χ4v) is 7.38. The lowest BCUT2D eigenvalue weighted by molar-refractivity contribution is -0.139. The zero-order chi connectivity index (χ0) is 24.6. The molecule has 2 saturated carbocycles. The molecular weight excluding hydrogens is 473 g/mol. The molecule has 1 aromatic carbocycles. The van der Waals surface area contributed by atoms with Crippen molar-refractivity contribution in [3.8, 4) is 0 Å². The summed E-state index contributed by atoms with van der Waals surface area (Å²) in [4.78, 5) is 21.8. The Morgan fingerprint density at radius 2 is 1.94 bits per heavy atom. The maximum Gasteiger partial charge on any atom is 0.419 e. The molecule has 2 aliphatic carbocycles. The van der Waals surface area contributed by atoms with Crippen LogP contribution in [0.15, 0.2) is 29.3 Å². The van der Waals surface area contributed by atoms with Crippen molar-refractivity contribution < 1.29 is 18.0 Å². The van der Waals surface area contributed by atoms with Gasteiger partial charge in [-0.3, -0.25) is 4.79 Å². The Morgan fingerprint density at radius 1 is 1.17 bits per heavy atom. The Kier molecular flexibility index (Phi) is 6.83. The fraction of sp³-hybridized carbons (Fsp3) is 0.577. The summed E-state index contributed by atoms with van der Waals surface area (Å²) in [6, 6.07) is 6.09. The highest BCUT2D eigenvalue weighted by Gasteiger charge is 2.44. The third-order valence-electron chi connectivity index (χ3n) is 7.74. The van der Waals surface area contributed by atoms with Gasteiger partial charge in [-0.05, 0) is 87.7 Å². The topological polar surface area (TPSA) is 66.9 Å². The van der Waals surface area contributed by atoms with E-state index in [4.69, 9.17) is 0 Å². The Balaban J connectivity index is 1.30. The maximum absolute atomic E-state index is 13.6. The van der Waals surface area contributed by atoms with Crippen molar-refractivity contribution in [3.05, 3.63) is 41.2 Å². The lowest BCUT2D eigenvalue weighted by Crippen LogP contribution is -2.46. The van der Waals surface area contributed by atoms with Gasteiger partial charge in [0.1, 0.15) is 5.78 Å². The van der Waals surface area contributed by atoms with Crippen LogP contribution in [-0.4, -0.2) is 34.1 Å². The van der Waals surface area contributed by atoms with Crippen molar-refractivity contribution in [2.24, 2.45) is 5.41 Å². The number of piperidine rings is 1. The van der Waals surface area contributed by atoms with Crippen molar-refractivity contribution in [1.29, 1.82) is 0 Å². The number of nitrogens with zero attached hydrogens (tertiary/aromatic N) is 2. The molecule has 0 amide bonds. The van der Waals surface area contributed by atoms with E-state index >= 15 is 0 Å². The second-order valence-corrected chi connectivity index (χ2v) is 11.6. The molecule has 2 aromatic rings. The van der Waals surface area contributed by atoms with E-state index < -0.39 is 17.7 Å². The molecule has 3 aliphatic rings. The minimum Gasteiger partial charge on any atom is -0.324 e. The normalized spacial score (nSPS) is 22.7. The van der Waals surface area contributed by atoms with Crippen molar-refractivity contribution in [2.45, 2.75) is 80.5 Å². The molecule has 5 nitrogen and oxygen atoms in total. The van der Waals surface area contributed by atoms with E-state index in [2.05, 4.69) is 26.7 Å². The van der Waals surface area contributed by atoms with Crippen molar-refractivity contribution in [2.75, 3.05) is 18.4 Å². The molecule has 2 N–H and O–H groups in total. The largest absolute Gasteiger partial charge is 0.419 e. The van der Waals surface area contributed by atoms with E-state index in [1.54, 1.807) is 0 Å². The number of ketones is 1. The second kappa shape index (κ2) is 9.73. The molecule has 2 heterocycles. The predicted molar refractivity (Wildman–Crippen MR) is 131 cm³/mol. The van der Waals surface area contributed by atoms with Crippen LogP contribution in [0.4, 0.5) is 24.8 Å². The van der Waals surface area contributed by atoms with Gasteiger partial charge in [0, 0.05) is 28.5 Å². The summed E-state index contributed by atoms with van der Waals surface area (Å²) in [5.41, 5.74) is 1.14.